The molecule has 1 aliphatic rings. The van der Waals surface area contributed by atoms with E-state index in [1.54, 1.807) is 20.0 Å². The second kappa shape index (κ2) is 8.21. The number of likely N-dealkylation sites (N-methyl/N-ethyl adjacent to an activating group) is 1. The number of aryl methyl sites for hydroxylation is 2. The molecule has 0 bridgehead atoms. The zero-order valence-electron chi connectivity index (χ0n) is 15.6. The summed E-state index contributed by atoms with van der Waals surface area (Å²) in [4.78, 5) is 39.2. The van der Waals surface area contributed by atoms with Crippen LogP contribution in [-0.4, -0.2) is 62.0 Å². The third kappa shape index (κ3) is 4.64. The van der Waals surface area contributed by atoms with Gasteiger partial charge in [0.15, 0.2) is 5.82 Å². The number of nitrogens with one attached hydrogen (secondary N) is 2. The lowest BCUT2D eigenvalue weighted by molar-refractivity contribution is -0.125. The molecule has 2 aromatic heterocycles. The molecule has 2 amide bonds. The molecular formula is C17H23N7O3. The predicted molar refractivity (Wildman–Crippen MR) is 94.6 cm³/mol. The smallest absolute Gasteiger partial charge is 0.271 e. The Kier molecular flexibility index (Phi) is 5.75. The first-order valence-corrected chi connectivity index (χ1v) is 8.86. The molecule has 10 heteroatoms. The van der Waals surface area contributed by atoms with Crippen molar-refractivity contribution >= 4 is 11.8 Å². The average molecular weight is 373 g/mol. The summed E-state index contributed by atoms with van der Waals surface area (Å²) >= 11 is 0. The van der Waals surface area contributed by atoms with Crippen LogP contribution in [0, 0.1) is 13.8 Å². The highest BCUT2D eigenvalue weighted by Gasteiger charge is 2.38. The standard InChI is InChI=1S/C17H23N7O3/c1-4-18-17(26)14-5-12(8-24(14)9-15-21-11(3)23-27-15)22-16(25)13-7-19-10(2)6-20-13/h6-7,12,14H,4-5,8-9H2,1-3H3,(H,18,26)(H,22,25)/t12-,14-/m0/s1. The first-order valence-electron chi connectivity index (χ1n) is 8.86. The van der Waals surface area contributed by atoms with Crippen LogP contribution in [0.3, 0.4) is 0 Å². The number of rotatable bonds is 6. The van der Waals surface area contributed by atoms with E-state index < -0.39 is 0 Å². The fourth-order valence-corrected chi connectivity index (χ4v) is 3.09. The van der Waals surface area contributed by atoms with Crippen molar-refractivity contribution in [3.8, 4) is 0 Å². The van der Waals surface area contributed by atoms with E-state index in [-0.39, 0.29) is 29.6 Å². The van der Waals surface area contributed by atoms with Gasteiger partial charge in [-0.15, -0.1) is 0 Å². The second-order valence-electron chi connectivity index (χ2n) is 6.52. The van der Waals surface area contributed by atoms with E-state index in [2.05, 4.69) is 30.7 Å². The van der Waals surface area contributed by atoms with Crippen molar-refractivity contribution in [3.63, 3.8) is 0 Å². The average Bonchev–Trinajstić information content (AvgIpc) is 3.22. The largest absolute Gasteiger partial charge is 0.355 e. The Hall–Kier alpha value is -2.88. The van der Waals surface area contributed by atoms with Crippen molar-refractivity contribution in [1.29, 1.82) is 0 Å². The Balaban J connectivity index is 1.68. The van der Waals surface area contributed by atoms with Crippen LogP contribution in [0.5, 0.6) is 0 Å². The third-order valence-corrected chi connectivity index (χ3v) is 4.31. The highest BCUT2D eigenvalue weighted by molar-refractivity contribution is 5.92. The monoisotopic (exact) mass is 373 g/mol. The molecular weight excluding hydrogens is 350 g/mol. The summed E-state index contributed by atoms with van der Waals surface area (Å²) < 4.78 is 5.17. The van der Waals surface area contributed by atoms with Gasteiger partial charge in [0.05, 0.1) is 24.5 Å². The summed E-state index contributed by atoms with van der Waals surface area (Å²) in [6, 6.07) is -0.580. The number of aromatic nitrogens is 4. The lowest BCUT2D eigenvalue weighted by atomic mass is 10.1. The highest BCUT2D eigenvalue weighted by atomic mass is 16.5. The van der Waals surface area contributed by atoms with Crippen molar-refractivity contribution in [1.82, 2.24) is 35.6 Å². The van der Waals surface area contributed by atoms with Gasteiger partial charge in [0.1, 0.15) is 5.69 Å². The number of carbonyl (C=O) groups is 2. The van der Waals surface area contributed by atoms with Crippen LogP contribution in [0.25, 0.3) is 0 Å². The van der Waals surface area contributed by atoms with E-state index in [0.29, 0.717) is 37.8 Å². The minimum absolute atomic E-state index is 0.0828. The molecule has 3 heterocycles. The SMILES string of the molecule is CCNC(=O)[C@@H]1C[C@H](NC(=O)c2cnc(C)cn2)CN1Cc1nc(C)no1. The van der Waals surface area contributed by atoms with Gasteiger partial charge in [0.2, 0.25) is 11.8 Å². The molecule has 2 atom stereocenters. The first-order chi connectivity index (χ1) is 13.0. The number of hydrogen-bond acceptors (Lipinski definition) is 8. The van der Waals surface area contributed by atoms with Crippen LogP contribution in [-0.2, 0) is 11.3 Å². The van der Waals surface area contributed by atoms with E-state index in [4.69, 9.17) is 4.52 Å². The van der Waals surface area contributed by atoms with Crippen LogP contribution in [0.15, 0.2) is 16.9 Å². The number of amides is 2. The molecule has 0 saturated carbocycles. The maximum atomic E-state index is 12.4. The molecule has 2 aromatic rings. The van der Waals surface area contributed by atoms with E-state index in [1.807, 2.05) is 11.8 Å². The summed E-state index contributed by atoms with van der Waals surface area (Å²) in [7, 11) is 0. The predicted octanol–water partition coefficient (Wildman–Crippen LogP) is -0.0146. The van der Waals surface area contributed by atoms with Gasteiger partial charge in [-0.2, -0.15) is 4.98 Å². The normalized spacial score (nSPS) is 19.8. The van der Waals surface area contributed by atoms with Gasteiger partial charge < -0.3 is 15.2 Å². The maximum Gasteiger partial charge on any atom is 0.271 e. The van der Waals surface area contributed by atoms with Crippen LogP contribution < -0.4 is 10.6 Å². The van der Waals surface area contributed by atoms with Crippen LogP contribution in [0.2, 0.25) is 0 Å². The van der Waals surface area contributed by atoms with Gasteiger partial charge >= 0.3 is 0 Å². The first kappa shape index (κ1) is 18.9. The molecule has 0 unspecified atom stereocenters. The summed E-state index contributed by atoms with van der Waals surface area (Å²) in [5.41, 5.74) is 0.992. The Bertz CT molecular complexity index is 805. The van der Waals surface area contributed by atoms with E-state index in [1.165, 1.54) is 6.20 Å². The molecule has 0 aliphatic carbocycles. The number of nitrogens with zero attached hydrogens (tertiary/aromatic N) is 5. The minimum atomic E-state index is -0.383. The maximum absolute atomic E-state index is 12.4. The van der Waals surface area contributed by atoms with E-state index >= 15 is 0 Å². The van der Waals surface area contributed by atoms with Gasteiger partial charge in [-0.05, 0) is 27.2 Å². The number of hydrogen-bond donors (Lipinski definition) is 2. The molecule has 1 saturated heterocycles. The summed E-state index contributed by atoms with van der Waals surface area (Å²) in [5, 5.41) is 9.55. The second-order valence-corrected chi connectivity index (χ2v) is 6.52. The molecule has 27 heavy (non-hydrogen) atoms. The lowest BCUT2D eigenvalue weighted by Gasteiger charge is -2.21. The van der Waals surface area contributed by atoms with Gasteiger partial charge in [-0.25, -0.2) is 4.98 Å². The molecule has 3 rings (SSSR count). The molecule has 1 fully saturated rings. The molecule has 144 valence electrons. The van der Waals surface area contributed by atoms with Crippen molar-refractivity contribution in [2.24, 2.45) is 0 Å². The Labute approximate surface area is 156 Å². The van der Waals surface area contributed by atoms with E-state index in [0.717, 1.165) is 5.69 Å². The summed E-state index contributed by atoms with van der Waals surface area (Å²) in [6.07, 6.45) is 3.48. The van der Waals surface area contributed by atoms with Gasteiger partial charge in [0.25, 0.3) is 5.91 Å². The van der Waals surface area contributed by atoms with Gasteiger partial charge in [-0.3, -0.25) is 19.5 Å². The summed E-state index contributed by atoms with van der Waals surface area (Å²) in [6.45, 7) is 6.80. The highest BCUT2D eigenvalue weighted by Crippen LogP contribution is 2.21. The van der Waals surface area contributed by atoms with Gasteiger partial charge in [-0.1, -0.05) is 5.16 Å². The Morgan fingerprint density at radius 2 is 2.11 bits per heavy atom. The third-order valence-electron chi connectivity index (χ3n) is 4.31. The fraction of sp³-hybridized carbons (Fsp3) is 0.529. The molecule has 2 N–H and O–H groups in total. The zero-order valence-corrected chi connectivity index (χ0v) is 15.6. The minimum Gasteiger partial charge on any atom is -0.355 e. The van der Waals surface area contributed by atoms with Crippen LogP contribution in [0.4, 0.5) is 0 Å². The van der Waals surface area contributed by atoms with Gasteiger partial charge in [0, 0.05) is 25.3 Å². The molecule has 1 aliphatic heterocycles. The van der Waals surface area contributed by atoms with Crippen molar-refractivity contribution in [2.45, 2.75) is 45.8 Å². The van der Waals surface area contributed by atoms with Crippen LogP contribution in [0.1, 0.15) is 41.2 Å². The Morgan fingerprint density at radius 3 is 2.74 bits per heavy atom. The van der Waals surface area contributed by atoms with Crippen molar-refractivity contribution < 1.29 is 14.1 Å². The fourth-order valence-electron chi connectivity index (χ4n) is 3.09. The number of likely N-dealkylation sites (tertiary alicyclic amines) is 1. The quantitative estimate of drug-likeness (QED) is 0.724. The summed E-state index contributed by atoms with van der Waals surface area (Å²) in [5.74, 6) is 0.595. The number of carbonyl (C=O) groups excluding carboxylic acids is 2. The Morgan fingerprint density at radius 1 is 1.30 bits per heavy atom. The molecule has 10 nitrogen and oxygen atoms in total. The lowest BCUT2D eigenvalue weighted by Crippen LogP contribution is -2.42. The molecule has 0 aromatic carbocycles. The zero-order chi connectivity index (χ0) is 19.4. The molecule has 0 radical (unpaired) electrons. The topological polar surface area (TPSA) is 126 Å². The van der Waals surface area contributed by atoms with Crippen LogP contribution >= 0.6 is 0 Å². The van der Waals surface area contributed by atoms with Crippen molar-refractivity contribution in [2.75, 3.05) is 13.1 Å². The molecule has 0 spiro atoms. The van der Waals surface area contributed by atoms with E-state index in [9.17, 15) is 9.59 Å². The van der Waals surface area contributed by atoms with Crippen molar-refractivity contribution in [3.05, 3.63) is 35.5 Å².